The normalized spacial score (nSPS) is 17.1. The highest BCUT2D eigenvalue weighted by atomic mass is 16.3. The zero-order valence-electron chi connectivity index (χ0n) is 5.91. The van der Waals surface area contributed by atoms with Gasteiger partial charge in [-0.15, -0.1) is 0 Å². The molecule has 0 unspecified atom stereocenters. The predicted molar refractivity (Wildman–Crippen MR) is 40.7 cm³/mol. The van der Waals surface area contributed by atoms with Crippen LogP contribution in [0.4, 0.5) is 0 Å². The number of nitrogens with one attached hydrogen (secondary N) is 1. The summed E-state index contributed by atoms with van der Waals surface area (Å²) in [4.78, 5) is 0. The van der Waals surface area contributed by atoms with Gasteiger partial charge in [0.2, 0.25) is 0 Å². The van der Waals surface area contributed by atoms with Crippen LogP contribution in [0.1, 0.15) is 6.92 Å². The Bertz CT molecular complexity index is 144. The van der Waals surface area contributed by atoms with Crippen molar-refractivity contribution in [1.82, 2.24) is 0 Å². The highest BCUT2D eigenvalue weighted by molar-refractivity contribution is 5.83. The molecule has 0 spiro atoms. The Morgan fingerprint density at radius 3 is 2.50 bits per heavy atom. The number of allylic oxidation sites excluding steroid dienone is 1. The summed E-state index contributed by atoms with van der Waals surface area (Å²) in [7, 11) is 0. The lowest BCUT2D eigenvalue weighted by molar-refractivity contribution is 0.213. The fraction of sp³-hybridized carbons (Fsp3) is 0.500. The van der Waals surface area contributed by atoms with Gasteiger partial charge in [0, 0.05) is 0 Å². The maximum absolute atomic E-state index is 9.06. The lowest BCUT2D eigenvalue weighted by Crippen LogP contribution is -2.44. The largest absolute Gasteiger partial charge is 0.387 e. The van der Waals surface area contributed by atoms with Gasteiger partial charge >= 0.3 is 0 Å². The van der Waals surface area contributed by atoms with Crippen LogP contribution in [-0.2, 0) is 0 Å². The SMILES string of the molecule is C/C=C/[C@@H](O)[C@@H](N)C(=N)N. The van der Waals surface area contributed by atoms with Crippen LogP contribution >= 0.6 is 0 Å². The van der Waals surface area contributed by atoms with Crippen LogP contribution in [0.25, 0.3) is 0 Å². The molecule has 0 aromatic rings. The summed E-state index contributed by atoms with van der Waals surface area (Å²) in [6.45, 7) is 1.76. The minimum atomic E-state index is -0.845. The van der Waals surface area contributed by atoms with Gasteiger partial charge in [-0.2, -0.15) is 0 Å². The third kappa shape index (κ3) is 2.61. The Balaban J connectivity index is 3.93. The minimum Gasteiger partial charge on any atom is -0.387 e. The summed E-state index contributed by atoms with van der Waals surface area (Å²) in [5.74, 6) is -0.203. The minimum absolute atomic E-state index is 0.203. The average Bonchev–Trinajstić information content (AvgIpc) is 1.87. The van der Waals surface area contributed by atoms with Gasteiger partial charge in [0.1, 0.15) is 5.84 Å². The molecule has 0 heterocycles. The molecular weight excluding hydrogens is 130 g/mol. The van der Waals surface area contributed by atoms with E-state index in [0.29, 0.717) is 0 Å². The number of aliphatic hydroxyl groups excluding tert-OH is 1. The molecule has 0 radical (unpaired) electrons. The summed E-state index contributed by atoms with van der Waals surface area (Å²) in [6, 6.07) is -0.781. The number of nitrogens with two attached hydrogens (primary N) is 2. The molecule has 6 N–H and O–H groups in total. The second kappa shape index (κ2) is 4.03. The molecule has 4 nitrogen and oxygen atoms in total. The van der Waals surface area contributed by atoms with Crippen molar-refractivity contribution < 1.29 is 5.11 Å². The summed E-state index contributed by atoms with van der Waals surface area (Å²) >= 11 is 0. The first-order valence-electron chi connectivity index (χ1n) is 3.00. The Labute approximate surface area is 60.0 Å². The van der Waals surface area contributed by atoms with Gasteiger partial charge in [-0.05, 0) is 6.92 Å². The standard InChI is InChI=1S/C6H13N3O/c1-2-3-4(10)5(7)6(8)9/h2-5,10H,7H2,1H3,(H3,8,9)/b3-2+/t4-,5-/m1/s1. The Hall–Kier alpha value is -0.870. The van der Waals surface area contributed by atoms with E-state index in [-0.39, 0.29) is 5.84 Å². The number of aliphatic hydroxyl groups is 1. The van der Waals surface area contributed by atoms with Crippen molar-refractivity contribution in [2.24, 2.45) is 11.5 Å². The van der Waals surface area contributed by atoms with Crippen LogP contribution in [0, 0.1) is 5.41 Å². The molecule has 0 bridgehead atoms. The molecular formula is C6H13N3O. The number of amidine groups is 1. The van der Waals surface area contributed by atoms with Gasteiger partial charge in [0.05, 0.1) is 12.1 Å². The molecule has 4 heteroatoms. The zero-order chi connectivity index (χ0) is 8.15. The van der Waals surface area contributed by atoms with Crippen LogP contribution in [-0.4, -0.2) is 23.1 Å². The molecule has 2 atom stereocenters. The van der Waals surface area contributed by atoms with E-state index in [9.17, 15) is 0 Å². The molecule has 0 saturated heterocycles. The van der Waals surface area contributed by atoms with E-state index in [4.69, 9.17) is 22.0 Å². The van der Waals surface area contributed by atoms with E-state index in [0.717, 1.165) is 0 Å². The highest BCUT2D eigenvalue weighted by Gasteiger charge is 2.13. The second-order valence-electron chi connectivity index (χ2n) is 2.00. The summed E-state index contributed by atoms with van der Waals surface area (Å²) in [5, 5.41) is 15.9. The lowest BCUT2D eigenvalue weighted by Gasteiger charge is -2.12. The van der Waals surface area contributed by atoms with E-state index in [2.05, 4.69) is 0 Å². The third-order valence-corrected chi connectivity index (χ3v) is 1.12. The van der Waals surface area contributed by atoms with Crippen LogP contribution in [0.5, 0.6) is 0 Å². The molecule has 0 aliphatic rings. The topological polar surface area (TPSA) is 96.1 Å². The van der Waals surface area contributed by atoms with E-state index >= 15 is 0 Å². The molecule has 0 aromatic heterocycles. The average molecular weight is 143 g/mol. The van der Waals surface area contributed by atoms with Gasteiger partial charge in [-0.3, -0.25) is 5.41 Å². The Morgan fingerprint density at radius 2 is 2.20 bits per heavy atom. The summed E-state index contributed by atoms with van der Waals surface area (Å²) in [5.41, 5.74) is 10.3. The Kier molecular flexibility index (Phi) is 3.68. The number of rotatable bonds is 3. The van der Waals surface area contributed by atoms with Crippen molar-refractivity contribution in [3.05, 3.63) is 12.2 Å². The molecule has 10 heavy (non-hydrogen) atoms. The van der Waals surface area contributed by atoms with Crippen LogP contribution in [0.3, 0.4) is 0 Å². The van der Waals surface area contributed by atoms with Crippen molar-refractivity contribution in [2.45, 2.75) is 19.1 Å². The quantitative estimate of drug-likeness (QED) is 0.236. The fourth-order valence-electron chi connectivity index (χ4n) is 0.501. The van der Waals surface area contributed by atoms with Crippen LogP contribution in [0.15, 0.2) is 12.2 Å². The summed E-state index contributed by atoms with van der Waals surface area (Å²) in [6.07, 6.45) is 2.31. The van der Waals surface area contributed by atoms with E-state index in [1.165, 1.54) is 6.08 Å². The highest BCUT2D eigenvalue weighted by Crippen LogP contribution is 1.90. The van der Waals surface area contributed by atoms with Crippen molar-refractivity contribution in [3.8, 4) is 0 Å². The summed E-state index contributed by atoms with van der Waals surface area (Å²) < 4.78 is 0. The van der Waals surface area contributed by atoms with Crippen molar-refractivity contribution in [3.63, 3.8) is 0 Å². The molecule has 0 rings (SSSR count). The lowest BCUT2D eigenvalue weighted by atomic mass is 10.1. The van der Waals surface area contributed by atoms with Crippen molar-refractivity contribution >= 4 is 5.84 Å². The van der Waals surface area contributed by atoms with Crippen LogP contribution < -0.4 is 11.5 Å². The predicted octanol–water partition coefficient (Wildman–Crippen LogP) is -0.813. The first kappa shape index (κ1) is 9.13. The first-order valence-corrected chi connectivity index (χ1v) is 3.00. The van der Waals surface area contributed by atoms with Gasteiger partial charge in [-0.25, -0.2) is 0 Å². The number of hydrogen-bond acceptors (Lipinski definition) is 3. The smallest absolute Gasteiger partial charge is 0.111 e. The van der Waals surface area contributed by atoms with Crippen LogP contribution in [0.2, 0.25) is 0 Å². The van der Waals surface area contributed by atoms with Gasteiger partial charge in [-0.1, -0.05) is 12.2 Å². The molecule has 58 valence electrons. The zero-order valence-corrected chi connectivity index (χ0v) is 5.91. The second-order valence-corrected chi connectivity index (χ2v) is 2.00. The Morgan fingerprint density at radius 1 is 1.70 bits per heavy atom. The third-order valence-electron chi connectivity index (χ3n) is 1.12. The molecule has 0 saturated carbocycles. The van der Waals surface area contributed by atoms with E-state index in [1.54, 1.807) is 13.0 Å². The monoisotopic (exact) mass is 143 g/mol. The molecule has 0 amide bonds. The molecule has 0 aliphatic heterocycles. The van der Waals surface area contributed by atoms with E-state index < -0.39 is 12.1 Å². The maximum Gasteiger partial charge on any atom is 0.111 e. The van der Waals surface area contributed by atoms with Gasteiger partial charge in [0.25, 0.3) is 0 Å². The first-order chi connectivity index (χ1) is 4.59. The molecule has 0 fully saturated rings. The van der Waals surface area contributed by atoms with Gasteiger partial charge in [0.15, 0.2) is 0 Å². The number of hydrogen-bond donors (Lipinski definition) is 4. The fourth-order valence-corrected chi connectivity index (χ4v) is 0.501. The molecule has 0 aromatic carbocycles. The molecule has 0 aliphatic carbocycles. The van der Waals surface area contributed by atoms with Gasteiger partial charge < -0.3 is 16.6 Å². The van der Waals surface area contributed by atoms with E-state index in [1.807, 2.05) is 0 Å². The van der Waals surface area contributed by atoms with Crippen molar-refractivity contribution in [2.75, 3.05) is 0 Å². The van der Waals surface area contributed by atoms with Crippen molar-refractivity contribution in [1.29, 1.82) is 5.41 Å². The maximum atomic E-state index is 9.06.